The van der Waals surface area contributed by atoms with Crippen molar-refractivity contribution in [2.24, 2.45) is 0 Å². The van der Waals surface area contributed by atoms with E-state index in [0.717, 1.165) is 21.6 Å². The molecule has 1 amide bonds. The van der Waals surface area contributed by atoms with Crippen molar-refractivity contribution in [3.63, 3.8) is 0 Å². The van der Waals surface area contributed by atoms with Crippen LogP contribution in [0.25, 0.3) is 0 Å². The number of halogens is 2. The van der Waals surface area contributed by atoms with E-state index in [0.29, 0.717) is 6.42 Å². The lowest BCUT2D eigenvalue weighted by atomic mass is 10.1. The van der Waals surface area contributed by atoms with Gasteiger partial charge in [0.25, 0.3) is 11.5 Å². The topological polar surface area (TPSA) is 110 Å². The average Bonchev–Trinajstić information content (AvgIpc) is 2.63. The van der Waals surface area contributed by atoms with Crippen molar-refractivity contribution < 1.29 is 18.3 Å². The predicted octanol–water partition coefficient (Wildman–Crippen LogP) is 1.10. The SMILES string of the molecule is CCCn1c(N)c(N(CCOC)C(=O)c2cccc(F)c2F)c(=O)[nH]c1=O. The van der Waals surface area contributed by atoms with E-state index in [1.165, 1.54) is 13.2 Å². The maximum Gasteiger partial charge on any atom is 0.330 e. The number of nitrogens with zero attached hydrogens (tertiary/aromatic N) is 2. The molecule has 0 unspecified atom stereocenters. The van der Waals surface area contributed by atoms with Gasteiger partial charge in [-0.15, -0.1) is 0 Å². The highest BCUT2D eigenvalue weighted by Gasteiger charge is 2.27. The second-order valence-electron chi connectivity index (χ2n) is 5.70. The Labute approximate surface area is 153 Å². The molecule has 0 aliphatic rings. The minimum Gasteiger partial charge on any atom is -0.383 e. The smallest absolute Gasteiger partial charge is 0.330 e. The number of rotatable bonds is 7. The van der Waals surface area contributed by atoms with Crippen molar-refractivity contribution in [2.75, 3.05) is 30.9 Å². The first-order valence-electron chi connectivity index (χ1n) is 8.20. The monoisotopic (exact) mass is 382 g/mol. The summed E-state index contributed by atoms with van der Waals surface area (Å²) in [6.07, 6.45) is 0.542. The Hall–Kier alpha value is -3.01. The molecule has 8 nitrogen and oxygen atoms in total. The van der Waals surface area contributed by atoms with Crippen LogP contribution in [-0.2, 0) is 11.3 Å². The Bertz CT molecular complexity index is 955. The van der Waals surface area contributed by atoms with Crippen LogP contribution in [0.15, 0.2) is 27.8 Å². The number of carbonyl (C=O) groups is 1. The molecule has 27 heavy (non-hydrogen) atoms. The number of carbonyl (C=O) groups excluding carboxylic acids is 1. The summed E-state index contributed by atoms with van der Waals surface area (Å²) in [7, 11) is 1.37. The van der Waals surface area contributed by atoms with Crippen molar-refractivity contribution in [3.05, 3.63) is 56.2 Å². The molecule has 0 atom stereocenters. The summed E-state index contributed by atoms with van der Waals surface area (Å²) in [4.78, 5) is 40.1. The van der Waals surface area contributed by atoms with Crippen LogP contribution in [0.4, 0.5) is 20.3 Å². The van der Waals surface area contributed by atoms with Crippen LogP contribution in [0.1, 0.15) is 23.7 Å². The normalized spacial score (nSPS) is 10.8. The molecule has 3 N–H and O–H groups in total. The van der Waals surface area contributed by atoms with E-state index in [1.54, 1.807) is 6.92 Å². The Morgan fingerprint density at radius 2 is 2.04 bits per heavy atom. The van der Waals surface area contributed by atoms with Gasteiger partial charge in [0.05, 0.1) is 12.2 Å². The number of aromatic nitrogens is 2. The van der Waals surface area contributed by atoms with Crippen LogP contribution >= 0.6 is 0 Å². The van der Waals surface area contributed by atoms with Gasteiger partial charge in [-0.25, -0.2) is 13.6 Å². The highest BCUT2D eigenvalue weighted by Crippen LogP contribution is 2.21. The molecule has 0 saturated carbocycles. The van der Waals surface area contributed by atoms with Gasteiger partial charge in [0.15, 0.2) is 17.3 Å². The van der Waals surface area contributed by atoms with E-state index in [4.69, 9.17) is 10.5 Å². The summed E-state index contributed by atoms with van der Waals surface area (Å²) in [5.74, 6) is -3.78. The highest BCUT2D eigenvalue weighted by molar-refractivity contribution is 6.07. The van der Waals surface area contributed by atoms with Crippen LogP contribution < -0.4 is 21.9 Å². The molecular formula is C17H20F2N4O4. The second-order valence-corrected chi connectivity index (χ2v) is 5.70. The summed E-state index contributed by atoms with van der Waals surface area (Å²) in [6.45, 7) is 1.83. The number of amides is 1. The molecule has 1 heterocycles. The number of hydrogen-bond acceptors (Lipinski definition) is 5. The van der Waals surface area contributed by atoms with E-state index in [2.05, 4.69) is 4.98 Å². The molecule has 2 aromatic rings. The molecule has 10 heteroatoms. The Balaban J connectivity index is 2.65. The van der Waals surface area contributed by atoms with Crippen molar-refractivity contribution in [3.8, 4) is 0 Å². The van der Waals surface area contributed by atoms with Gasteiger partial charge in [-0.1, -0.05) is 13.0 Å². The molecule has 1 aromatic carbocycles. The van der Waals surface area contributed by atoms with Crippen LogP contribution in [0, 0.1) is 11.6 Å². The molecule has 0 saturated heterocycles. The zero-order chi connectivity index (χ0) is 20.1. The summed E-state index contributed by atoms with van der Waals surface area (Å²) in [6, 6.07) is 3.13. The van der Waals surface area contributed by atoms with Crippen molar-refractivity contribution in [1.82, 2.24) is 9.55 Å². The molecule has 0 radical (unpaired) electrons. The van der Waals surface area contributed by atoms with Gasteiger partial charge in [-0.2, -0.15) is 0 Å². The number of hydrogen-bond donors (Lipinski definition) is 2. The molecule has 0 bridgehead atoms. The lowest BCUT2D eigenvalue weighted by Crippen LogP contribution is -2.42. The molecule has 2 rings (SSSR count). The number of ether oxygens (including phenoxy) is 1. The van der Waals surface area contributed by atoms with Crippen LogP contribution in [-0.4, -0.2) is 35.7 Å². The fourth-order valence-corrected chi connectivity index (χ4v) is 2.60. The fourth-order valence-electron chi connectivity index (χ4n) is 2.60. The second kappa shape index (κ2) is 8.58. The van der Waals surface area contributed by atoms with E-state index in [1.807, 2.05) is 0 Å². The van der Waals surface area contributed by atoms with Crippen LogP contribution in [0.5, 0.6) is 0 Å². The quantitative estimate of drug-likeness (QED) is 0.745. The number of methoxy groups -OCH3 is 1. The number of H-pyrrole nitrogens is 1. The number of aromatic amines is 1. The van der Waals surface area contributed by atoms with Gasteiger partial charge in [0.1, 0.15) is 5.82 Å². The molecule has 1 aromatic heterocycles. The molecular weight excluding hydrogens is 362 g/mol. The van der Waals surface area contributed by atoms with E-state index < -0.39 is 34.4 Å². The van der Waals surface area contributed by atoms with E-state index >= 15 is 0 Å². The van der Waals surface area contributed by atoms with Crippen LogP contribution in [0.2, 0.25) is 0 Å². The first-order valence-corrected chi connectivity index (χ1v) is 8.20. The third-order valence-electron chi connectivity index (χ3n) is 3.88. The molecule has 0 aliphatic carbocycles. The zero-order valence-electron chi connectivity index (χ0n) is 14.9. The molecule has 146 valence electrons. The van der Waals surface area contributed by atoms with Crippen molar-refractivity contribution >= 4 is 17.4 Å². The van der Waals surface area contributed by atoms with E-state index in [9.17, 15) is 23.2 Å². The maximum atomic E-state index is 14.1. The zero-order valence-corrected chi connectivity index (χ0v) is 14.9. The third kappa shape index (κ3) is 4.05. The number of nitrogens with one attached hydrogen (secondary N) is 1. The Morgan fingerprint density at radius 3 is 2.67 bits per heavy atom. The molecule has 0 fully saturated rings. The van der Waals surface area contributed by atoms with Gasteiger partial charge in [0.2, 0.25) is 0 Å². The maximum absolute atomic E-state index is 14.1. The van der Waals surface area contributed by atoms with Crippen molar-refractivity contribution in [2.45, 2.75) is 19.9 Å². The first kappa shape index (κ1) is 20.3. The number of nitrogens with two attached hydrogens (primary N) is 1. The minimum atomic E-state index is -1.35. The fraction of sp³-hybridized carbons (Fsp3) is 0.353. The lowest BCUT2D eigenvalue weighted by molar-refractivity contribution is 0.0970. The summed E-state index contributed by atoms with van der Waals surface area (Å²) < 4.78 is 33.6. The number of nitrogen functional groups attached to an aromatic ring is 1. The largest absolute Gasteiger partial charge is 0.383 e. The predicted molar refractivity (Wildman–Crippen MR) is 95.9 cm³/mol. The van der Waals surface area contributed by atoms with Crippen molar-refractivity contribution in [1.29, 1.82) is 0 Å². The summed E-state index contributed by atoms with van der Waals surface area (Å²) in [5.41, 5.74) is 3.44. The Kier molecular flexibility index (Phi) is 6.45. The Morgan fingerprint density at radius 1 is 1.33 bits per heavy atom. The molecule has 0 spiro atoms. The van der Waals surface area contributed by atoms with Crippen LogP contribution in [0.3, 0.4) is 0 Å². The minimum absolute atomic E-state index is 0.00550. The van der Waals surface area contributed by atoms with Gasteiger partial charge in [-0.05, 0) is 18.6 Å². The average molecular weight is 382 g/mol. The summed E-state index contributed by atoms with van der Waals surface area (Å²) >= 11 is 0. The first-order chi connectivity index (χ1) is 12.8. The van der Waals surface area contributed by atoms with Gasteiger partial charge in [-0.3, -0.25) is 24.0 Å². The number of anilines is 2. The standard InChI is InChI=1S/C17H20F2N4O4/c1-3-7-23-14(20)13(15(24)21-17(23)26)22(8-9-27-2)16(25)10-5-4-6-11(18)12(10)19/h4-6H,3,7-9,20H2,1-2H3,(H,21,24,26). The number of benzene rings is 1. The highest BCUT2D eigenvalue weighted by atomic mass is 19.2. The van der Waals surface area contributed by atoms with E-state index in [-0.39, 0.29) is 31.2 Å². The third-order valence-corrected chi connectivity index (χ3v) is 3.88. The lowest BCUT2D eigenvalue weighted by Gasteiger charge is -2.24. The summed E-state index contributed by atoms with van der Waals surface area (Å²) in [5, 5.41) is 0. The van der Waals surface area contributed by atoms with Gasteiger partial charge in [0, 0.05) is 20.2 Å². The molecule has 0 aliphatic heterocycles. The van der Waals surface area contributed by atoms with Gasteiger partial charge < -0.3 is 10.5 Å². The van der Waals surface area contributed by atoms with Gasteiger partial charge >= 0.3 is 5.69 Å².